The molecule has 0 bridgehead atoms. The fraction of sp³-hybridized carbons (Fsp3) is 0.0714. The molecule has 3 rings (SSSR count). The summed E-state index contributed by atoms with van der Waals surface area (Å²) in [5.74, 6) is 0. The molecule has 3 aromatic rings. The van der Waals surface area contributed by atoms with E-state index in [9.17, 15) is 18.4 Å². The third kappa shape index (κ3) is 2.04. The Balaban J connectivity index is 2.24. The first-order valence-corrected chi connectivity index (χ1v) is 7.76. The third-order valence-corrected chi connectivity index (χ3v) is 4.96. The van der Waals surface area contributed by atoms with Gasteiger partial charge in [-0.1, -0.05) is 17.7 Å². The van der Waals surface area contributed by atoms with Gasteiger partial charge in [0.25, 0.3) is 21.2 Å². The highest BCUT2D eigenvalue weighted by molar-refractivity contribution is 7.90. The summed E-state index contributed by atoms with van der Waals surface area (Å²) >= 11 is 0. The number of aromatic nitrogens is 3. The number of hydrogen-bond acceptors (Lipinski definition) is 5. The quantitative estimate of drug-likeness (QED) is 0.408. The van der Waals surface area contributed by atoms with E-state index < -0.39 is 10.0 Å². The van der Waals surface area contributed by atoms with E-state index in [2.05, 4.69) is 4.98 Å². The molecule has 1 aromatic carbocycles. The molecule has 8 heteroatoms. The lowest BCUT2D eigenvalue weighted by Crippen LogP contribution is -2.33. The van der Waals surface area contributed by atoms with Crippen LogP contribution in [0.15, 0.2) is 47.6 Å². The van der Waals surface area contributed by atoms with E-state index in [1.807, 2.05) is 6.92 Å². The van der Waals surface area contributed by atoms with Gasteiger partial charge >= 0.3 is 0 Å². The average molecular weight is 317 g/mol. The Morgan fingerprint density at radius 3 is 2.55 bits per heavy atom. The summed E-state index contributed by atoms with van der Waals surface area (Å²) in [6.07, 6.45) is 2.66. The Morgan fingerprint density at radius 2 is 1.91 bits per heavy atom. The first kappa shape index (κ1) is 14.2. The van der Waals surface area contributed by atoms with Crippen molar-refractivity contribution in [2.75, 3.05) is 0 Å². The molecular formula is C14H11N3O4S. The van der Waals surface area contributed by atoms with E-state index in [1.54, 1.807) is 12.1 Å². The molecule has 0 unspecified atom stereocenters. The summed E-state index contributed by atoms with van der Waals surface area (Å²) in [6, 6.07) is 7.66. The highest BCUT2D eigenvalue weighted by Gasteiger charge is 2.23. The van der Waals surface area contributed by atoms with E-state index in [0.29, 0.717) is 11.0 Å². The zero-order chi connectivity index (χ0) is 15.9. The van der Waals surface area contributed by atoms with Crippen LogP contribution < -0.4 is 4.73 Å². The van der Waals surface area contributed by atoms with Gasteiger partial charge in [0.1, 0.15) is 6.20 Å². The summed E-state index contributed by atoms with van der Waals surface area (Å²) in [5.41, 5.74) is 0.738. The second kappa shape index (κ2) is 4.92. The van der Waals surface area contributed by atoms with Crippen LogP contribution in [-0.4, -0.2) is 23.7 Å². The normalized spacial score (nSPS) is 11.7. The van der Waals surface area contributed by atoms with Crippen molar-refractivity contribution in [3.05, 3.63) is 59.2 Å². The standard InChI is InChI=1S/C14H11N3O4S/c1-10-2-4-12(5-3-10)22(20,21)16-7-6-13-14(16)15-8-11(9-18)17(13)19/h2-9H,1H3. The predicted octanol–water partition coefficient (Wildman–Crippen LogP) is 1.03. The lowest BCUT2D eigenvalue weighted by atomic mass is 10.2. The van der Waals surface area contributed by atoms with Crippen molar-refractivity contribution in [3.8, 4) is 0 Å². The fourth-order valence-corrected chi connectivity index (χ4v) is 3.39. The van der Waals surface area contributed by atoms with Gasteiger partial charge in [-0.15, -0.1) is 0 Å². The molecule has 0 aliphatic heterocycles. The van der Waals surface area contributed by atoms with Gasteiger partial charge in [-0.3, -0.25) is 4.79 Å². The minimum Gasteiger partial charge on any atom is -0.618 e. The van der Waals surface area contributed by atoms with E-state index in [1.165, 1.54) is 24.4 Å². The molecular weight excluding hydrogens is 306 g/mol. The van der Waals surface area contributed by atoms with Gasteiger partial charge in [-0.05, 0) is 19.1 Å². The number of carbonyl (C=O) groups is 1. The predicted molar refractivity (Wildman–Crippen MR) is 77.8 cm³/mol. The number of nitrogens with zero attached hydrogens (tertiary/aromatic N) is 3. The minimum atomic E-state index is -3.86. The van der Waals surface area contributed by atoms with Gasteiger partial charge in [0.05, 0.1) is 4.90 Å². The Labute approximate surface area is 126 Å². The molecule has 112 valence electrons. The highest BCUT2D eigenvalue weighted by atomic mass is 32.2. The van der Waals surface area contributed by atoms with Crippen molar-refractivity contribution in [1.82, 2.24) is 8.96 Å². The fourth-order valence-electron chi connectivity index (χ4n) is 2.09. The molecule has 0 radical (unpaired) electrons. The number of fused-ring (bicyclic) bond motifs is 1. The molecule has 0 fully saturated rings. The number of benzene rings is 1. The van der Waals surface area contributed by atoms with Crippen molar-refractivity contribution in [2.45, 2.75) is 11.8 Å². The van der Waals surface area contributed by atoms with Gasteiger partial charge in [0, 0.05) is 12.3 Å². The van der Waals surface area contributed by atoms with E-state index in [0.717, 1.165) is 15.7 Å². The lowest BCUT2D eigenvalue weighted by Gasteiger charge is -2.07. The van der Waals surface area contributed by atoms with Gasteiger partial charge in [-0.25, -0.2) is 17.4 Å². The van der Waals surface area contributed by atoms with Crippen LogP contribution in [-0.2, 0) is 10.0 Å². The first-order chi connectivity index (χ1) is 10.4. The SMILES string of the molecule is Cc1ccc(S(=O)(=O)n2ccc3c2ncc(C=O)[n+]3[O-])cc1. The minimum absolute atomic E-state index is 0.0142. The molecule has 2 heterocycles. The second-order valence-corrected chi connectivity index (χ2v) is 6.55. The molecule has 22 heavy (non-hydrogen) atoms. The zero-order valence-corrected chi connectivity index (χ0v) is 12.3. The lowest BCUT2D eigenvalue weighted by molar-refractivity contribution is -0.579. The maximum Gasteiger partial charge on any atom is 0.275 e. The maximum atomic E-state index is 12.6. The summed E-state index contributed by atoms with van der Waals surface area (Å²) in [6.45, 7) is 1.85. The Bertz CT molecular complexity index is 975. The molecule has 0 saturated carbocycles. The van der Waals surface area contributed by atoms with Crippen LogP contribution in [0, 0.1) is 12.1 Å². The molecule has 0 amide bonds. The number of aldehydes is 1. The molecule has 0 atom stereocenters. The van der Waals surface area contributed by atoms with Crippen LogP contribution in [0.4, 0.5) is 0 Å². The molecule has 0 aliphatic rings. The topological polar surface area (TPSA) is 96.0 Å². The van der Waals surface area contributed by atoms with Crippen molar-refractivity contribution in [3.63, 3.8) is 0 Å². The van der Waals surface area contributed by atoms with Crippen molar-refractivity contribution >= 4 is 27.5 Å². The van der Waals surface area contributed by atoms with Crippen LogP contribution in [0.25, 0.3) is 11.2 Å². The molecule has 2 aromatic heterocycles. The average Bonchev–Trinajstić information content (AvgIpc) is 2.94. The van der Waals surface area contributed by atoms with Gasteiger partial charge in [0.2, 0.25) is 11.9 Å². The first-order valence-electron chi connectivity index (χ1n) is 6.32. The highest BCUT2D eigenvalue weighted by Crippen LogP contribution is 2.19. The van der Waals surface area contributed by atoms with Crippen molar-refractivity contribution in [1.29, 1.82) is 0 Å². The monoisotopic (exact) mass is 317 g/mol. The van der Waals surface area contributed by atoms with E-state index in [-0.39, 0.29) is 21.8 Å². The molecule has 7 nitrogen and oxygen atoms in total. The van der Waals surface area contributed by atoms with Gasteiger partial charge < -0.3 is 5.21 Å². The molecule has 0 spiro atoms. The Kier molecular flexibility index (Phi) is 3.18. The molecule has 0 saturated heterocycles. The Hall–Kier alpha value is -2.74. The number of rotatable bonds is 3. The van der Waals surface area contributed by atoms with Crippen molar-refractivity contribution in [2.24, 2.45) is 0 Å². The van der Waals surface area contributed by atoms with E-state index in [4.69, 9.17) is 0 Å². The largest absolute Gasteiger partial charge is 0.618 e. The van der Waals surface area contributed by atoms with Crippen LogP contribution in [0.5, 0.6) is 0 Å². The number of hydrogen-bond donors (Lipinski definition) is 0. The van der Waals surface area contributed by atoms with Crippen LogP contribution >= 0.6 is 0 Å². The third-order valence-electron chi connectivity index (χ3n) is 3.28. The number of aryl methyl sites for hydroxylation is 1. The number of carbonyl (C=O) groups excluding carboxylic acids is 1. The van der Waals surface area contributed by atoms with Crippen LogP contribution in [0.1, 0.15) is 16.1 Å². The Morgan fingerprint density at radius 1 is 1.23 bits per heavy atom. The maximum absolute atomic E-state index is 12.6. The zero-order valence-electron chi connectivity index (χ0n) is 11.5. The summed E-state index contributed by atoms with van der Waals surface area (Å²) < 4.78 is 26.5. The van der Waals surface area contributed by atoms with Crippen molar-refractivity contribution < 1.29 is 17.9 Å². The summed E-state index contributed by atoms with van der Waals surface area (Å²) in [5, 5.41) is 11.9. The molecule has 0 aliphatic carbocycles. The van der Waals surface area contributed by atoms with Gasteiger partial charge in [0.15, 0.2) is 0 Å². The summed E-state index contributed by atoms with van der Waals surface area (Å²) in [7, 11) is -3.86. The van der Waals surface area contributed by atoms with Crippen LogP contribution in [0.3, 0.4) is 0 Å². The van der Waals surface area contributed by atoms with Gasteiger partial charge in [-0.2, -0.15) is 4.73 Å². The summed E-state index contributed by atoms with van der Waals surface area (Å²) in [4.78, 5) is 14.7. The smallest absolute Gasteiger partial charge is 0.275 e. The second-order valence-electron chi connectivity index (χ2n) is 4.73. The van der Waals surface area contributed by atoms with Crippen LogP contribution in [0.2, 0.25) is 0 Å². The van der Waals surface area contributed by atoms with E-state index >= 15 is 0 Å². The molecule has 0 N–H and O–H groups in total.